The van der Waals surface area contributed by atoms with Crippen LogP contribution in [0.4, 0.5) is 0 Å². The topological polar surface area (TPSA) is 99.1 Å². The molecule has 0 rings (SSSR count). The summed E-state index contributed by atoms with van der Waals surface area (Å²) in [6.07, 6.45) is 1.71. The van der Waals surface area contributed by atoms with Crippen molar-refractivity contribution in [3.8, 4) is 0 Å². The normalized spacial score (nSPS) is 14.2. The van der Waals surface area contributed by atoms with Gasteiger partial charge in [-0.15, -0.1) is 0 Å². The number of aldehydes is 1. The van der Waals surface area contributed by atoms with Gasteiger partial charge >= 0.3 is 11.9 Å². The van der Waals surface area contributed by atoms with Crippen LogP contribution < -0.4 is 0 Å². The smallest absolute Gasteiger partial charge is 0.341 e. The van der Waals surface area contributed by atoms with E-state index in [0.29, 0.717) is 25.7 Å². The minimum Gasteiger partial charge on any atom is -0.479 e. The van der Waals surface area contributed by atoms with Crippen molar-refractivity contribution in [1.29, 1.82) is 0 Å². The number of carbonyl (C=O) groups excluding carboxylic acids is 2. The molecule has 0 bridgehead atoms. The molecular formula is C15H26O7. The van der Waals surface area contributed by atoms with E-state index in [1.54, 1.807) is 13.8 Å². The highest BCUT2D eigenvalue weighted by Gasteiger charge is 2.38. The molecule has 0 radical (unpaired) electrons. The molecule has 0 aliphatic rings. The molecule has 1 N–H and O–H groups in total. The lowest BCUT2D eigenvalue weighted by atomic mass is 9.79. The number of aliphatic carboxylic acids is 1. The van der Waals surface area contributed by atoms with E-state index >= 15 is 0 Å². The molecule has 0 saturated heterocycles. The molecule has 0 fully saturated rings. The number of carboxylic acid groups (broad SMARTS) is 1. The van der Waals surface area contributed by atoms with Gasteiger partial charge in [-0.25, -0.2) is 4.79 Å². The Hall–Kier alpha value is -1.47. The number of carbonyl (C=O) groups is 3. The quantitative estimate of drug-likeness (QED) is 0.330. The molecule has 0 aromatic carbocycles. The molecule has 128 valence electrons. The van der Waals surface area contributed by atoms with E-state index in [4.69, 9.17) is 19.3 Å². The van der Waals surface area contributed by atoms with E-state index in [2.05, 4.69) is 0 Å². The predicted octanol–water partition coefficient (Wildman–Crippen LogP) is 1.43. The molecule has 0 aliphatic carbocycles. The molecule has 1 atom stereocenters. The van der Waals surface area contributed by atoms with Crippen molar-refractivity contribution in [3.63, 3.8) is 0 Å². The van der Waals surface area contributed by atoms with Crippen LogP contribution in [0.3, 0.4) is 0 Å². The van der Waals surface area contributed by atoms with Crippen molar-refractivity contribution in [3.05, 3.63) is 0 Å². The summed E-state index contributed by atoms with van der Waals surface area (Å²) in [5, 5.41) is 8.55. The molecule has 0 spiro atoms. The largest absolute Gasteiger partial charge is 0.479 e. The van der Waals surface area contributed by atoms with Crippen LogP contribution in [0.5, 0.6) is 0 Å². The molecular weight excluding hydrogens is 292 g/mol. The summed E-state index contributed by atoms with van der Waals surface area (Å²) in [4.78, 5) is 32.6. The van der Waals surface area contributed by atoms with Gasteiger partial charge in [0.25, 0.3) is 0 Å². The molecule has 0 aliphatic heterocycles. The maximum Gasteiger partial charge on any atom is 0.341 e. The number of rotatable bonds is 12. The number of ether oxygens (including phenoxy) is 3. The van der Waals surface area contributed by atoms with Gasteiger partial charge in [0.05, 0.1) is 24.2 Å². The lowest BCUT2D eigenvalue weighted by molar-refractivity contribution is -0.166. The second-order valence-corrected chi connectivity index (χ2v) is 5.92. The molecule has 7 heteroatoms. The van der Waals surface area contributed by atoms with Gasteiger partial charge in [0.1, 0.15) is 12.9 Å². The van der Waals surface area contributed by atoms with E-state index < -0.39 is 29.6 Å². The highest BCUT2D eigenvalue weighted by molar-refractivity contribution is 5.79. The van der Waals surface area contributed by atoms with Crippen molar-refractivity contribution in [1.82, 2.24) is 0 Å². The summed E-state index contributed by atoms with van der Waals surface area (Å²) in [7, 11) is 0. The second-order valence-electron chi connectivity index (χ2n) is 5.92. The third-order valence-corrected chi connectivity index (χ3v) is 3.31. The Morgan fingerprint density at radius 2 is 1.82 bits per heavy atom. The van der Waals surface area contributed by atoms with E-state index in [-0.39, 0.29) is 13.2 Å². The minimum absolute atomic E-state index is 0.0270. The van der Waals surface area contributed by atoms with Gasteiger partial charge < -0.3 is 24.1 Å². The molecule has 22 heavy (non-hydrogen) atoms. The van der Waals surface area contributed by atoms with Crippen LogP contribution in [0.1, 0.15) is 40.5 Å². The first-order valence-electron chi connectivity index (χ1n) is 7.21. The third-order valence-electron chi connectivity index (χ3n) is 3.31. The van der Waals surface area contributed by atoms with Crippen molar-refractivity contribution in [2.75, 3.05) is 26.4 Å². The Balaban J connectivity index is 4.49. The third kappa shape index (κ3) is 8.09. The van der Waals surface area contributed by atoms with Gasteiger partial charge in [0.2, 0.25) is 0 Å². The summed E-state index contributed by atoms with van der Waals surface area (Å²) >= 11 is 0. The first kappa shape index (κ1) is 20.5. The zero-order valence-electron chi connectivity index (χ0n) is 13.7. The van der Waals surface area contributed by atoms with Crippen molar-refractivity contribution < 1.29 is 33.7 Å². The number of carboxylic acids is 1. The number of hydrogen-bond acceptors (Lipinski definition) is 6. The average molecular weight is 318 g/mol. The van der Waals surface area contributed by atoms with Crippen LogP contribution >= 0.6 is 0 Å². The Bertz CT molecular complexity index is 378. The van der Waals surface area contributed by atoms with Crippen molar-refractivity contribution >= 4 is 18.2 Å². The summed E-state index contributed by atoms with van der Waals surface area (Å²) in [5.41, 5.74) is -1.44. The van der Waals surface area contributed by atoms with Gasteiger partial charge in [-0.1, -0.05) is 6.92 Å². The van der Waals surface area contributed by atoms with Crippen molar-refractivity contribution in [2.24, 2.45) is 5.41 Å². The molecule has 7 nitrogen and oxygen atoms in total. The standard InChI is InChI=1S/C15H26O7/c1-5-15(4,22-9-8-20-7-6-16)11-14(2,3)13(19)21-10-12(17)18/h6H,5,7-11H2,1-4H3,(H,17,18). The van der Waals surface area contributed by atoms with Crippen LogP contribution in [0.15, 0.2) is 0 Å². The fourth-order valence-corrected chi connectivity index (χ4v) is 2.09. The fraction of sp³-hybridized carbons (Fsp3) is 0.800. The molecule has 0 aromatic rings. The molecule has 0 amide bonds. The lowest BCUT2D eigenvalue weighted by Gasteiger charge is -2.35. The summed E-state index contributed by atoms with van der Waals surface area (Å²) in [6, 6.07) is 0. The highest BCUT2D eigenvalue weighted by atomic mass is 16.6. The van der Waals surface area contributed by atoms with E-state index in [9.17, 15) is 14.4 Å². The van der Waals surface area contributed by atoms with Crippen LogP contribution in [0, 0.1) is 5.41 Å². The maximum absolute atomic E-state index is 12.0. The zero-order chi connectivity index (χ0) is 17.2. The molecule has 1 unspecified atom stereocenters. The summed E-state index contributed by atoms with van der Waals surface area (Å²) < 4.78 is 15.5. The fourth-order valence-electron chi connectivity index (χ4n) is 2.09. The SMILES string of the molecule is CCC(C)(CC(C)(C)C(=O)OCC(=O)O)OCCOCC=O. The van der Waals surface area contributed by atoms with E-state index in [0.717, 1.165) is 0 Å². The minimum atomic E-state index is -1.19. The Morgan fingerprint density at radius 1 is 1.18 bits per heavy atom. The monoisotopic (exact) mass is 318 g/mol. The van der Waals surface area contributed by atoms with Gasteiger partial charge in [-0.05, 0) is 33.6 Å². The molecule has 0 saturated carbocycles. The van der Waals surface area contributed by atoms with Gasteiger partial charge in [0.15, 0.2) is 6.61 Å². The van der Waals surface area contributed by atoms with Crippen LogP contribution in [0.25, 0.3) is 0 Å². The average Bonchev–Trinajstić information content (AvgIpc) is 2.43. The van der Waals surface area contributed by atoms with Crippen LogP contribution in [-0.2, 0) is 28.6 Å². The summed E-state index contributed by atoms with van der Waals surface area (Å²) in [5.74, 6) is -1.76. The first-order chi connectivity index (χ1) is 10.2. The Morgan fingerprint density at radius 3 is 2.32 bits per heavy atom. The summed E-state index contributed by atoms with van der Waals surface area (Å²) in [6.45, 7) is 7.17. The zero-order valence-corrected chi connectivity index (χ0v) is 13.7. The van der Waals surface area contributed by atoms with Crippen LogP contribution in [0.2, 0.25) is 0 Å². The first-order valence-corrected chi connectivity index (χ1v) is 7.21. The van der Waals surface area contributed by atoms with Gasteiger partial charge in [-0.2, -0.15) is 0 Å². The lowest BCUT2D eigenvalue weighted by Crippen LogP contribution is -2.40. The molecule has 0 heterocycles. The van der Waals surface area contributed by atoms with Crippen LogP contribution in [-0.4, -0.2) is 55.4 Å². The predicted molar refractivity (Wildman–Crippen MR) is 78.5 cm³/mol. The second kappa shape index (κ2) is 9.53. The number of esters is 1. The highest BCUT2D eigenvalue weighted by Crippen LogP contribution is 2.33. The van der Waals surface area contributed by atoms with E-state index in [1.165, 1.54) is 0 Å². The Labute approximate surface area is 130 Å². The van der Waals surface area contributed by atoms with Crippen molar-refractivity contribution in [2.45, 2.75) is 46.1 Å². The van der Waals surface area contributed by atoms with Gasteiger partial charge in [-0.3, -0.25) is 4.79 Å². The number of hydrogen-bond donors (Lipinski definition) is 1. The van der Waals surface area contributed by atoms with E-state index in [1.807, 2.05) is 13.8 Å². The Kier molecular flexibility index (Phi) is 8.89. The maximum atomic E-state index is 12.0. The molecule has 0 aromatic heterocycles. The van der Waals surface area contributed by atoms with Gasteiger partial charge in [0, 0.05) is 0 Å².